The fourth-order valence-electron chi connectivity index (χ4n) is 2.72. The Hall–Kier alpha value is -0.770. The minimum atomic E-state index is 0.0695. The number of nitrogens with zero attached hydrogens (tertiary/aromatic N) is 1. The Morgan fingerprint density at radius 3 is 2.53 bits per heavy atom. The molecule has 1 aliphatic heterocycles. The Kier molecular flexibility index (Phi) is 4.26. The van der Waals surface area contributed by atoms with E-state index in [9.17, 15) is 4.79 Å². The molecule has 0 radical (unpaired) electrons. The Bertz CT molecular complexity index is 256. The fraction of sp³-hybridized carbons (Fsp3) is 0.923. The highest BCUT2D eigenvalue weighted by Gasteiger charge is 2.26. The van der Waals surface area contributed by atoms with Crippen LogP contribution in [0.25, 0.3) is 0 Å². The summed E-state index contributed by atoms with van der Waals surface area (Å²) in [5, 5.41) is 3.05. The molecule has 2 fully saturated rings. The predicted octanol–water partition coefficient (Wildman–Crippen LogP) is 2.00. The second-order valence-corrected chi connectivity index (χ2v) is 5.53. The van der Waals surface area contributed by atoms with Gasteiger partial charge < -0.3 is 15.0 Å². The topological polar surface area (TPSA) is 41.6 Å². The smallest absolute Gasteiger partial charge is 0.317 e. The number of ether oxygens (including phenoxy) is 1. The normalized spacial score (nSPS) is 33.4. The van der Waals surface area contributed by atoms with Crippen LogP contribution < -0.4 is 5.32 Å². The van der Waals surface area contributed by atoms with E-state index in [1.165, 1.54) is 12.8 Å². The van der Waals surface area contributed by atoms with Crippen molar-refractivity contribution in [2.45, 2.75) is 51.1 Å². The van der Waals surface area contributed by atoms with Crippen LogP contribution in [0, 0.1) is 5.92 Å². The third kappa shape index (κ3) is 3.35. The molecule has 1 N–H and O–H groups in total. The number of hydrogen-bond donors (Lipinski definition) is 1. The number of nitrogens with one attached hydrogen (secondary N) is 1. The molecule has 0 spiro atoms. The van der Waals surface area contributed by atoms with Gasteiger partial charge in [-0.25, -0.2) is 4.79 Å². The highest BCUT2D eigenvalue weighted by molar-refractivity contribution is 5.74. The Labute approximate surface area is 104 Å². The highest BCUT2D eigenvalue weighted by atomic mass is 16.5. The maximum absolute atomic E-state index is 12.0. The van der Waals surface area contributed by atoms with E-state index in [1.807, 2.05) is 11.9 Å². The minimum Gasteiger partial charge on any atom is -0.379 e. The molecule has 0 bridgehead atoms. The third-order valence-electron chi connectivity index (χ3n) is 4.11. The molecule has 2 rings (SSSR count). The zero-order valence-electron chi connectivity index (χ0n) is 10.9. The van der Waals surface area contributed by atoms with Crippen LogP contribution in [0.3, 0.4) is 0 Å². The summed E-state index contributed by atoms with van der Waals surface area (Å²) >= 11 is 0. The van der Waals surface area contributed by atoms with Crippen molar-refractivity contribution in [2.75, 3.05) is 20.3 Å². The molecule has 2 aliphatic rings. The van der Waals surface area contributed by atoms with Crippen molar-refractivity contribution in [1.82, 2.24) is 10.2 Å². The lowest BCUT2D eigenvalue weighted by molar-refractivity contribution is 0.156. The lowest BCUT2D eigenvalue weighted by Crippen LogP contribution is -2.48. The van der Waals surface area contributed by atoms with Crippen molar-refractivity contribution in [3.05, 3.63) is 0 Å². The van der Waals surface area contributed by atoms with E-state index in [-0.39, 0.29) is 12.1 Å². The molecule has 1 aliphatic carbocycles. The van der Waals surface area contributed by atoms with Gasteiger partial charge in [0.1, 0.15) is 0 Å². The first-order chi connectivity index (χ1) is 8.16. The molecule has 98 valence electrons. The van der Waals surface area contributed by atoms with Crippen LogP contribution in [0.1, 0.15) is 39.0 Å². The summed E-state index contributed by atoms with van der Waals surface area (Å²) in [6.45, 7) is 3.74. The molecule has 0 aromatic rings. The summed E-state index contributed by atoms with van der Waals surface area (Å²) in [5.74, 6) is 0.825. The molecule has 1 saturated heterocycles. The standard InChI is InChI=1S/C13H24N2O2/c1-10-3-5-12(6-4-10)15(2)13(16)14-11-7-8-17-9-11/h10-12H,3-9H2,1-2H3,(H,14,16). The van der Waals surface area contributed by atoms with Gasteiger partial charge in [-0.05, 0) is 38.0 Å². The maximum atomic E-state index is 12.0. The fourth-order valence-corrected chi connectivity index (χ4v) is 2.72. The molecule has 0 aromatic carbocycles. The number of carbonyl (C=O) groups excluding carboxylic acids is 1. The lowest BCUT2D eigenvalue weighted by Gasteiger charge is -2.34. The second-order valence-electron chi connectivity index (χ2n) is 5.53. The first-order valence-electron chi connectivity index (χ1n) is 6.78. The van der Waals surface area contributed by atoms with Crippen LogP contribution in [0.2, 0.25) is 0 Å². The maximum Gasteiger partial charge on any atom is 0.317 e. The zero-order chi connectivity index (χ0) is 12.3. The van der Waals surface area contributed by atoms with E-state index in [4.69, 9.17) is 4.74 Å². The van der Waals surface area contributed by atoms with Crippen LogP contribution in [-0.2, 0) is 4.74 Å². The van der Waals surface area contributed by atoms with Crippen molar-refractivity contribution in [3.8, 4) is 0 Å². The van der Waals surface area contributed by atoms with E-state index >= 15 is 0 Å². The van der Waals surface area contributed by atoms with Crippen LogP contribution in [-0.4, -0.2) is 43.3 Å². The van der Waals surface area contributed by atoms with Crippen LogP contribution in [0.5, 0.6) is 0 Å². The van der Waals surface area contributed by atoms with Gasteiger partial charge in [0, 0.05) is 19.7 Å². The molecule has 1 unspecified atom stereocenters. The van der Waals surface area contributed by atoms with Crippen molar-refractivity contribution < 1.29 is 9.53 Å². The molecule has 1 saturated carbocycles. The molecule has 0 aromatic heterocycles. The van der Waals surface area contributed by atoms with E-state index in [0.29, 0.717) is 12.6 Å². The van der Waals surface area contributed by atoms with Crippen molar-refractivity contribution in [3.63, 3.8) is 0 Å². The van der Waals surface area contributed by atoms with E-state index in [2.05, 4.69) is 12.2 Å². The van der Waals surface area contributed by atoms with Gasteiger partial charge in [-0.3, -0.25) is 0 Å². The molecule has 17 heavy (non-hydrogen) atoms. The van der Waals surface area contributed by atoms with Gasteiger partial charge in [0.15, 0.2) is 0 Å². The molecule has 2 amide bonds. The summed E-state index contributed by atoms with van der Waals surface area (Å²) in [7, 11) is 1.92. The van der Waals surface area contributed by atoms with Gasteiger partial charge in [-0.15, -0.1) is 0 Å². The van der Waals surface area contributed by atoms with Gasteiger partial charge in [0.05, 0.1) is 12.6 Å². The average Bonchev–Trinajstić information content (AvgIpc) is 2.82. The third-order valence-corrected chi connectivity index (χ3v) is 4.11. The van der Waals surface area contributed by atoms with Gasteiger partial charge in [0.2, 0.25) is 0 Å². The molecule has 4 heteroatoms. The Morgan fingerprint density at radius 1 is 1.24 bits per heavy atom. The summed E-state index contributed by atoms with van der Waals surface area (Å²) in [5.41, 5.74) is 0. The summed E-state index contributed by atoms with van der Waals surface area (Å²) in [6.07, 6.45) is 5.73. The van der Waals surface area contributed by atoms with Gasteiger partial charge in [-0.1, -0.05) is 6.92 Å². The first-order valence-corrected chi connectivity index (χ1v) is 6.78. The van der Waals surface area contributed by atoms with Gasteiger partial charge in [0.25, 0.3) is 0 Å². The van der Waals surface area contributed by atoms with Crippen LogP contribution in [0.15, 0.2) is 0 Å². The number of carbonyl (C=O) groups is 1. The number of amides is 2. The molecule has 1 atom stereocenters. The van der Waals surface area contributed by atoms with Crippen molar-refractivity contribution in [2.24, 2.45) is 5.92 Å². The summed E-state index contributed by atoms with van der Waals surface area (Å²) in [6, 6.07) is 0.709. The van der Waals surface area contributed by atoms with E-state index in [0.717, 1.165) is 31.8 Å². The SMILES string of the molecule is CC1CCC(N(C)C(=O)NC2CCOC2)CC1. The minimum absolute atomic E-state index is 0.0695. The molecule has 1 heterocycles. The quantitative estimate of drug-likeness (QED) is 0.802. The van der Waals surface area contributed by atoms with Crippen LogP contribution >= 0.6 is 0 Å². The van der Waals surface area contributed by atoms with Crippen molar-refractivity contribution >= 4 is 6.03 Å². The number of rotatable bonds is 2. The lowest BCUT2D eigenvalue weighted by atomic mass is 9.87. The highest BCUT2D eigenvalue weighted by Crippen LogP contribution is 2.26. The van der Waals surface area contributed by atoms with E-state index in [1.54, 1.807) is 0 Å². The Morgan fingerprint density at radius 2 is 1.94 bits per heavy atom. The monoisotopic (exact) mass is 240 g/mol. The zero-order valence-corrected chi connectivity index (χ0v) is 10.9. The Balaban J connectivity index is 1.77. The molecule has 4 nitrogen and oxygen atoms in total. The second kappa shape index (κ2) is 5.71. The van der Waals surface area contributed by atoms with Crippen molar-refractivity contribution in [1.29, 1.82) is 0 Å². The van der Waals surface area contributed by atoms with E-state index < -0.39 is 0 Å². The summed E-state index contributed by atoms with van der Waals surface area (Å²) in [4.78, 5) is 13.9. The number of hydrogen-bond acceptors (Lipinski definition) is 2. The molecular formula is C13H24N2O2. The average molecular weight is 240 g/mol. The first kappa shape index (κ1) is 12.7. The van der Waals surface area contributed by atoms with Gasteiger partial charge in [-0.2, -0.15) is 0 Å². The largest absolute Gasteiger partial charge is 0.379 e. The summed E-state index contributed by atoms with van der Waals surface area (Å²) < 4.78 is 5.26. The number of urea groups is 1. The van der Waals surface area contributed by atoms with Crippen LogP contribution in [0.4, 0.5) is 4.79 Å². The van der Waals surface area contributed by atoms with Gasteiger partial charge >= 0.3 is 6.03 Å². The molecular weight excluding hydrogens is 216 g/mol. The predicted molar refractivity (Wildman–Crippen MR) is 66.9 cm³/mol.